The summed E-state index contributed by atoms with van der Waals surface area (Å²) in [7, 11) is 1.94. The fourth-order valence-electron chi connectivity index (χ4n) is 2.11. The van der Waals surface area contributed by atoms with E-state index in [4.69, 9.17) is 17.3 Å². The molecule has 102 valence electrons. The van der Waals surface area contributed by atoms with E-state index in [-0.39, 0.29) is 0 Å². The van der Waals surface area contributed by atoms with Gasteiger partial charge < -0.3 is 10.6 Å². The molecule has 2 rings (SSSR count). The number of anilines is 2. The molecule has 0 aliphatic carbocycles. The van der Waals surface area contributed by atoms with Gasteiger partial charge in [0.25, 0.3) is 0 Å². The third-order valence-electron chi connectivity index (χ3n) is 3.16. The summed E-state index contributed by atoms with van der Waals surface area (Å²) in [5.41, 5.74) is 10.1. The molecule has 0 saturated carbocycles. The van der Waals surface area contributed by atoms with Gasteiger partial charge in [-0.25, -0.2) is 0 Å². The first-order valence-corrected chi connectivity index (χ1v) is 6.65. The predicted molar refractivity (Wildman–Crippen MR) is 83.9 cm³/mol. The number of nitrogen functional groups attached to an aromatic ring is 1. The zero-order valence-corrected chi connectivity index (χ0v) is 12.3. The first kappa shape index (κ1) is 14.2. The van der Waals surface area contributed by atoms with E-state index in [2.05, 4.69) is 6.07 Å². The van der Waals surface area contributed by atoms with Crippen LogP contribution in [0.1, 0.15) is 16.7 Å². The minimum atomic E-state index is 0.599. The van der Waals surface area contributed by atoms with E-state index in [1.165, 1.54) is 0 Å². The average molecular weight is 286 g/mol. The highest BCUT2D eigenvalue weighted by molar-refractivity contribution is 6.31. The molecule has 2 aromatic carbocycles. The minimum Gasteiger partial charge on any atom is -0.399 e. The number of nitriles is 1. The fourth-order valence-corrected chi connectivity index (χ4v) is 2.29. The van der Waals surface area contributed by atoms with Crippen LogP contribution in [0.25, 0.3) is 0 Å². The van der Waals surface area contributed by atoms with Gasteiger partial charge in [-0.05, 0) is 48.4 Å². The number of aryl methyl sites for hydroxylation is 1. The lowest BCUT2D eigenvalue weighted by Gasteiger charge is -2.22. The van der Waals surface area contributed by atoms with Gasteiger partial charge in [0.15, 0.2) is 0 Å². The molecule has 4 heteroatoms. The zero-order valence-electron chi connectivity index (χ0n) is 11.5. The molecule has 0 unspecified atom stereocenters. The van der Waals surface area contributed by atoms with E-state index >= 15 is 0 Å². The van der Waals surface area contributed by atoms with E-state index in [0.29, 0.717) is 22.8 Å². The van der Waals surface area contributed by atoms with Gasteiger partial charge in [0.1, 0.15) is 6.07 Å². The Kier molecular flexibility index (Phi) is 4.16. The van der Waals surface area contributed by atoms with Crippen LogP contribution in [0, 0.1) is 18.3 Å². The standard InChI is InChI=1S/C16H16ClN3/c1-11-3-4-12(9-18)16(7-11)20(2)10-13-8-14(19)5-6-15(13)17/h3-8H,10,19H2,1-2H3. The number of halogens is 1. The largest absolute Gasteiger partial charge is 0.399 e. The van der Waals surface area contributed by atoms with E-state index in [0.717, 1.165) is 16.8 Å². The quantitative estimate of drug-likeness (QED) is 0.874. The monoisotopic (exact) mass is 285 g/mol. The van der Waals surface area contributed by atoms with Crippen molar-refractivity contribution in [1.82, 2.24) is 0 Å². The third kappa shape index (κ3) is 3.04. The molecule has 0 saturated heterocycles. The highest BCUT2D eigenvalue weighted by atomic mass is 35.5. The van der Waals surface area contributed by atoms with Gasteiger partial charge in [0.05, 0.1) is 11.3 Å². The first-order valence-electron chi connectivity index (χ1n) is 6.27. The summed E-state index contributed by atoms with van der Waals surface area (Å²) >= 11 is 6.19. The molecule has 3 nitrogen and oxygen atoms in total. The smallest absolute Gasteiger partial charge is 0.101 e. The lowest BCUT2D eigenvalue weighted by Crippen LogP contribution is -2.18. The zero-order chi connectivity index (χ0) is 14.7. The van der Waals surface area contributed by atoms with Crippen LogP contribution in [0.5, 0.6) is 0 Å². The van der Waals surface area contributed by atoms with Crippen molar-refractivity contribution < 1.29 is 0 Å². The summed E-state index contributed by atoms with van der Waals surface area (Å²) in [6, 6.07) is 13.4. The number of nitrogens with two attached hydrogens (primary N) is 1. The second-order valence-corrected chi connectivity index (χ2v) is 5.25. The van der Waals surface area contributed by atoms with Gasteiger partial charge in [0, 0.05) is 24.3 Å². The third-order valence-corrected chi connectivity index (χ3v) is 3.53. The van der Waals surface area contributed by atoms with Crippen molar-refractivity contribution in [2.45, 2.75) is 13.5 Å². The molecule has 0 bridgehead atoms. The van der Waals surface area contributed by atoms with Gasteiger partial charge in [-0.2, -0.15) is 5.26 Å². The van der Waals surface area contributed by atoms with E-state index in [1.807, 2.05) is 43.1 Å². The van der Waals surface area contributed by atoms with Gasteiger partial charge >= 0.3 is 0 Å². The molecular weight excluding hydrogens is 270 g/mol. The molecule has 20 heavy (non-hydrogen) atoms. The lowest BCUT2D eigenvalue weighted by molar-refractivity contribution is 0.920. The maximum absolute atomic E-state index is 9.20. The van der Waals surface area contributed by atoms with Crippen LogP contribution in [0.4, 0.5) is 11.4 Å². The normalized spacial score (nSPS) is 10.1. The molecule has 0 heterocycles. The SMILES string of the molecule is Cc1ccc(C#N)c(N(C)Cc2cc(N)ccc2Cl)c1. The second kappa shape index (κ2) is 5.85. The van der Waals surface area contributed by atoms with Crippen LogP contribution >= 0.6 is 11.6 Å². The minimum absolute atomic E-state index is 0.599. The molecule has 0 fully saturated rings. The Bertz CT molecular complexity index is 674. The van der Waals surface area contributed by atoms with Gasteiger partial charge in [-0.1, -0.05) is 17.7 Å². The Morgan fingerprint density at radius 1 is 1.25 bits per heavy atom. The Labute approximate surface area is 124 Å². The molecule has 2 N–H and O–H groups in total. The maximum Gasteiger partial charge on any atom is 0.101 e. The van der Waals surface area contributed by atoms with Gasteiger partial charge in [-0.3, -0.25) is 0 Å². The van der Waals surface area contributed by atoms with E-state index < -0.39 is 0 Å². The van der Waals surface area contributed by atoms with Crippen LogP contribution in [-0.4, -0.2) is 7.05 Å². The van der Waals surface area contributed by atoms with Crippen LogP contribution in [0.3, 0.4) is 0 Å². The van der Waals surface area contributed by atoms with Crippen molar-refractivity contribution in [3.63, 3.8) is 0 Å². The summed E-state index contributed by atoms with van der Waals surface area (Å²) in [5.74, 6) is 0. The van der Waals surface area contributed by atoms with Crippen LogP contribution in [0.2, 0.25) is 5.02 Å². The topological polar surface area (TPSA) is 53.0 Å². The Morgan fingerprint density at radius 2 is 2.00 bits per heavy atom. The molecule has 0 radical (unpaired) electrons. The Morgan fingerprint density at radius 3 is 2.70 bits per heavy atom. The van der Waals surface area contributed by atoms with Crippen LogP contribution in [0.15, 0.2) is 36.4 Å². The molecular formula is C16H16ClN3. The summed E-state index contributed by atoms with van der Waals surface area (Å²) in [5, 5.41) is 9.88. The lowest BCUT2D eigenvalue weighted by atomic mass is 10.1. The molecule has 0 spiro atoms. The highest BCUT2D eigenvalue weighted by Crippen LogP contribution is 2.25. The average Bonchev–Trinajstić information content (AvgIpc) is 2.42. The maximum atomic E-state index is 9.20. The first-order chi connectivity index (χ1) is 9.51. The summed E-state index contributed by atoms with van der Waals surface area (Å²) in [6.07, 6.45) is 0. The number of hydrogen-bond donors (Lipinski definition) is 1. The van der Waals surface area contributed by atoms with Gasteiger partial charge in [-0.15, -0.1) is 0 Å². The van der Waals surface area contributed by atoms with Crippen molar-refractivity contribution in [3.8, 4) is 6.07 Å². The second-order valence-electron chi connectivity index (χ2n) is 4.84. The molecule has 0 aromatic heterocycles. The van der Waals surface area contributed by atoms with Crippen molar-refractivity contribution in [2.75, 3.05) is 17.7 Å². The number of nitrogens with zero attached hydrogens (tertiary/aromatic N) is 2. The molecule has 0 amide bonds. The summed E-state index contributed by atoms with van der Waals surface area (Å²) in [6.45, 7) is 2.61. The highest BCUT2D eigenvalue weighted by Gasteiger charge is 2.10. The van der Waals surface area contributed by atoms with Crippen LogP contribution < -0.4 is 10.6 Å². The summed E-state index contributed by atoms with van der Waals surface area (Å²) < 4.78 is 0. The van der Waals surface area contributed by atoms with Crippen molar-refractivity contribution in [2.24, 2.45) is 0 Å². The fraction of sp³-hybridized carbons (Fsp3) is 0.188. The number of benzene rings is 2. The molecule has 0 atom stereocenters. The predicted octanol–water partition coefficient (Wildman–Crippen LogP) is 3.74. The number of rotatable bonds is 3. The van der Waals surface area contributed by atoms with Crippen molar-refractivity contribution in [3.05, 3.63) is 58.1 Å². The Balaban J connectivity index is 2.33. The van der Waals surface area contributed by atoms with E-state index in [9.17, 15) is 5.26 Å². The summed E-state index contributed by atoms with van der Waals surface area (Å²) in [4.78, 5) is 2.01. The van der Waals surface area contributed by atoms with E-state index in [1.54, 1.807) is 12.1 Å². The van der Waals surface area contributed by atoms with Crippen molar-refractivity contribution >= 4 is 23.0 Å². The van der Waals surface area contributed by atoms with Gasteiger partial charge in [0.2, 0.25) is 0 Å². The number of hydrogen-bond acceptors (Lipinski definition) is 3. The Hall–Kier alpha value is -2.18. The molecule has 0 aliphatic heterocycles. The molecule has 2 aromatic rings. The molecule has 0 aliphatic rings. The van der Waals surface area contributed by atoms with Crippen molar-refractivity contribution in [1.29, 1.82) is 5.26 Å². The van der Waals surface area contributed by atoms with Crippen LogP contribution in [-0.2, 0) is 6.54 Å².